The highest BCUT2D eigenvalue weighted by Crippen LogP contribution is 2.65. The van der Waals surface area contributed by atoms with Crippen LogP contribution < -0.4 is 9.64 Å². The highest BCUT2D eigenvalue weighted by atomic mass is 32.1. The summed E-state index contributed by atoms with van der Waals surface area (Å²) in [4.78, 5) is 2.50. The van der Waals surface area contributed by atoms with Crippen molar-refractivity contribution in [1.29, 1.82) is 0 Å². The standard InChI is InChI=1S/C68H39NO2S/c1-6-21-51-42(16-1)43-17-2-7-22-52(43)67(51)53-23-8-3-18-44(53)46-34-32-40(36-57(46)67)69(41-33-35-48-47-20-5-12-28-60(47)70-63(48)37-41)59-27-15-31-64-66(59)50-38-49-45-19-4-9-24-54(45)68(58(49)39-65(50)72-64)55-25-10-13-29-61(55)71-62-30-14-11-26-56(62)68/h1-39H. The number of thiophene rings is 1. The van der Waals surface area contributed by atoms with E-state index in [9.17, 15) is 0 Å². The molecule has 13 aromatic rings. The van der Waals surface area contributed by atoms with E-state index in [1.165, 1.54) is 98.1 Å². The van der Waals surface area contributed by atoms with Crippen molar-refractivity contribution in [2.75, 3.05) is 4.90 Å². The normalized spacial score (nSPS) is 14.4. The van der Waals surface area contributed by atoms with Crippen LogP contribution in [-0.2, 0) is 10.8 Å². The molecule has 1 aliphatic heterocycles. The molecule has 3 heterocycles. The van der Waals surface area contributed by atoms with Gasteiger partial charge in [-0.25, -0.2) is 0 Å². The molecule has 2 aromatic heterocycles. The fraction of sp³-hybridized carbons (Fsp3) is 0.0294. The highest BCUT2D eigenvalue weighted by Gasteiger charge is 2.53. The van der Waals surface area contributed by atoms with Crippen molar-refractivity contribution >= 4 is 70.5 Å². The molecule has 11 aromatic carbocycles. The molecule has 0 saturated heterocycles. The number of hydrogen-bond donors (Lipinski definition) is 0. The van der Waals surface area contributed by atoms with E-state index in [2.05, 4.69) is 241 Å². The summed E-state index contributed by atoms with van der Waals surface area (Å²) >= 11 is 1.88. The topological polar surface area (TPSA) is 25.6 Å². The number of para-hydroxylation sites is 3. The van der Waals surface area contributed by atoms with E-state index in [-0.39, 0.29) is 0 Å². The largest absolute Gasteiger partial charge is 0.457 e. The summed E-state index contributed by atoms with van der Waals surface area (Å²) in [6.07, 6.45) is 0. The van der Waals surface area contributed by atoms with Gasteiger partial charge in [-0.2, -0.15) is 0 Å². The number of nitrogens with zero attached hydrogens (tertiary/aromatic N) is 1. The average Bonchev–Trinajstić information content (AvgIpc) is 4.22. The number of ether oxygens (including phenoxy) is 1. The quantitative estimate of drug-likeness (QED) is 0.177. The van der Waals surface area contributed by atoms with Crippen LogP contribution in [0.25, 0.3) is 75.5 Å². The molecule has 0 bridgehead atoms. The number of benzene rings is 11. The zero-order valence-corrected chi connectivity index (χ0v) is 39.5. The minimum atomic E-state index is -0.548. The van der Waals surface area contributed by atoms with Crippen molar-refractivity contribution in [2.45, 2.75) is 10.8 Å². The van der Waals surface area contributed by atoms with Gasteiger partial charge in [-0.05, 0) is 133 Å². The Morgan fingerprint density at radius 3 is 1.49 bits per heavy atom. The van der Waals surface area contributed by atoms with Gasteiger partial charge >= 0.3 is 0 Å². The fourth-order valence-electron chi connectivity index (χ4n) is 13.8. The third-order valence-corrected chi connectivity index (χ3v) is 17.7. The van der Waals surface area contributed by atoms with Crippen LogP contribution in [-0.4, -0.2) is 0 Å². The Bertz CT molecular complexity index is 4420. The molecule has 3 nitrogen and oxygen atoms in total. The zero-order valence-electron chi connectivity index (χ0n) is 38.7. The van der Waals surface area contributed by atoms with Crippen molar-refractivity contribution < 1.29 is 9.15 Å². The maximum absolute atomic E-state index is 6.70. The molecule has 0 saturated carbocycles. The monoisotopic (exact) mass is 933 g/mol. The fourth-order valence-corrected chi connectivity index (χ4v) is 15.0. The van der Waals surface area contributed by atoms with Crippen LogP contribution in [0.4, 0.5) is 17.1 Å². The molecule has 0 amide bonds. The van der Waals surface area contributed by atoms with E-state index in [0.717, 1.165) is 50.5 Å². The van der Waals surface area contributed by atoms with Gasteiger partial charge in [-0.3, -0.25) is 0 Å². The van der Waals surface area contributed by atoms with E-state index in [4.69, 9.17) is 9.15 Å². The summed E-state index contributed by atoms with van der Waals surface area (Å²) in [5, 5.41) is 4.69. The van der Waals surface area contributed by atoms with Gasteiger partial charge < -0.3 is 14.1 Å². The Kier molecular flexibility index (Phi) is 7.49. The minimum Gasteiger partial charge on any atom is -0.457 e. The van der Waals surface area contributed by atoms with Gasteiger partial charge in [0.2, 0.25) is 0 Å². The molecule has 0 N–H and O–H groups in total. The number of fused-ring (bicyclic) bond motifs is 25. The molecule has 334 valence electrons. The Morgan fingerprint density at radius 2 is 0.819 bits per heavy atom. The molecule has 2 spiro atoms. The molecular weight excluding hydrogens is 895 g/mol. The van der Waals surface area contributed by atoms with E-state index >= 15 is 0 Å². The lowest BCUT2D eigenvalue weighted by Crippen LogP contribution is -2.32. The molecule has 0 unspecified atom stereocenters. The summed E-state index contributed by atoms with van der Waals surface area (Å²) in [6, 6.07) is 87.8. The summed E-state index contributed by atoms with van der Waals surface area (Å²) < 4.78 is 15.9. The van der Waals surface area contributed by atoms with E-state index in [1.807, 2.05) is 11.3 Å². The van der Waals surface area contributed by atoms with Gasteiger partial charge in [0.1, 0.15) is 22.7 Å². The van der Waals surface area contributed by atoms with Crippen molar-refractivity contribution in [2.24, 2.45) is 0 Å². The first-order chi connectivity index (χ1) is 35.7. The molecule has 4 heteroatoms. The van der Waals surface area contributed by atoms with Gasteiger partial charge in [0.05, 0.1) is 16.5 Å². The lowest BCUT2D eigenvalue weighted by atomic mass is 9.66. The van der Waals surface area contributed by atoms with Gasteiger partial charge in [-0.1, -0.05) is 164 Å². The second kappa shape index (κ2) is 13.9. The number of rotatable bonds is 3. The van der Waals surface area contributed by atoms with Gasteiger partial charge in [-0.15, -0.1) is 11.3 Å². The number of anilines is 3. The van der Waals surface area contributed by atoms with Gasteiger partial charge in [0.15, 0.2) is 0 Å². The van der Waals surface area contributed by atoms with Crippen LogP contribution in [0.5, 0.6) is 11.5 Å². The van der Waals surface area contributed by atoms with E-state index in [0.29, 0.717) is 0 Å². The summed E-state index contributed by atoms with van der Waals surface area (Å²) in [5.74, 6) is 1.80. The Balaban J connectivity index is 0.949. The maximum Gasteiger partial charge on any atom is 0.137 e. The van der Waals surface area contributed by atoms with Crippen LogP contribution >= 0.6 is 11.3 Å². The molecule has 0 fully saturated rings. The molecule has 0 radical (unpaired) electrons. The third kappa shape index (κ3) is 4.71. The first kappa shape index (κ1) is 38.8. The van der Waals surface area contributed by atoms with Crippen LogP contribution in [0, 0.1) is 0 Å². The SMILES string of the molecule is c1ccc2c(c1)Oc1ccccc1C21c2ccccc2-c2cc3c(cc21)sc1cccc(N(c2ccc4c(c2)C2(c5ccccc5-c5ccccc52)c2ccccc2-4)c2ccc4c(c2)oc2ccccc24)c13. The van der Waals surface area contributed by atoms with Crippen LogP contribution in [0.1, 0.15) is 44.5 Å². The van der Waals surface area contributed by atoms with Crippen molar-refractivity contribution in [1.82, 2.24) is 0 Å². The van der Waals surface area contributed by atoms with Crippen molar-refractivity contribution in [3.63, 3.8) is 0 Å². The number of hydrogen-bond acceptors (Lipinski definition) is 4. The number of furan rings is 1. The molecule has 0 atom stereocenters. The lowest BCUT2D eigenvalue weighted by molar-refractivity contribution is 0.436. The molecule has 17 rings (SSSR count). The molecule has 72 heavy (non-hydrogen) atoms. The third-order valence-electron chi connectivity index (χ3n) is 16.5. The van der Waals surface area contributed by atoms with Crippen LogP contribution in [0.2, 0.25) is 0 Å². The summed E-state index contributed by atoms with van der Waals surface area (Å²) in [7, 11) is 0. The minimum absolute atomic E-state index is 0.490. The summed E-state index contributed by atoms with van der Waals surface area (Å²) in [6.45, 7) is 0. The molecule has 4 aliphatic rings. The Hall–Kier alpha value is -8.96. The first-order valence-electron chi connectivity index (χ1n) is 24.8. The second-order valence-corrected chi connectivity index (χ2v) is 20.9. The zero-order chi connectivity index (χ0) is 46.9. The molecular formula is C68H39NO2S. The Morgan fingerprint density at radius 1 is 0.319 bits per heavy atom. The average molecular weight is 934 g/mol. The Labute approximate surface area is 419 Å². The first-order valence-corrected chi connectivity index (χ1v) is 25.6. The summed E-state index contributed by atoms with van der Waals surface area (Å²) in [5.41, 5.74) is 21.8. The van der Waals surface area contributed by atoms with Crippen molar-refractivity contribution in [3.8, 4) is 44.9 Å². The van der Waals surface area contributed by atoms with Gasteiger partial charge in [0, 0.05) is 59.5 Å². The van der Waals surface area contributed by atoms with E-state index in [1.54, 1.807) is 0 Å². The van der Waals surface area contributed by atoms with Crippen molar-refractivity contribution in [3.05, 3.63) is 281 Å². The lowest BCUT2D eigenvalue weighted by Gasteiger charge is -2.39. The second-order valence-electron chi connectivity index (χ2n) is 19.8. The maximum atomic E-state index is 6.70. The van der Waals surface area contributed by atoms with Crippen LogP contribution in [0.15, 0.2) is 241 Å². The predicted molar refractivity (Wildman–Crippen MR) is 295 cm³/mol. The van der Waals surface area contributed by atoms with Gasteiger partial charge in [0.25, 0.3) is 0 Å². The highest BCUT2D eigenvalue weighted by molar-refractivity contribution is 7.26. The van der Waals surface area contributed by atoms with E-state index < -0.39 is 10.8 Å². The predicted octanol–water partition coefficient (Wildman–Crippen LogP) is 18.2. The molecule has 3 aliphatic carbocycles. The smallest absolute Gasteiger partial charge is 0.137 e. The van der Waals surface area contributed by atoms with Crippen LogP contribution in [0.3, 0.4) is 0 Å².